The maximum atomic E-state index is 8.82. The van der Waals surface area contributed by atoms with Crippen LogP contribution in [0.3, 0.4) is 0 Å². The Morgan fingerprint density at radius 3 is 2.78 bits per heavy atom. The zero-order valence-electron chi connectivity index (χ0n) is 10.5. The van der Waals surface area contributed by atoms with E-state index in [9.17, 15) is 0 Å². The van der Waals surface area contributed by atoms with Crippen molar-refractivity contribution < 1.29 is 0 Å². The van der Waals surface area contributed by atoms with Gasteiger partial charge in [0.25, 0.3) is 0 Å². The number of aromatic nitrogens is 2. The molecule has 90 valence electrons. The van der Waals surface area contributed by atoms with E-state index in [0.717, 1.165) is 6.54 Å². The van der Waals surface area contributed by atoms with E-state index in [-0.39, 0.29) is 0 Å². The predicted molar refractivity (Wildman–Crippen MR) is 70.0 cm³/mol. The molecule has 4 heteroatoms. The van der Waals surface area contributed by atoms with Gasteiger partial charge in [0, 0.05) is 19.8 Å². The monoisotopic (exact) mass is 238 g/mol. The summed E-state index contributed by atoms with van der Waals surface area (Å²) in [6.07, 6.45) is 1.61. The van der Waals surface area contributed by atoms with E-state index in [1.54, 1.807) is 12.3 Å². The van der Waals surface area contributed by atoms with Crippen LogP contribution in [0.5, 0.6) is 0 Å². The second-order valence-corrected chi connectivity index (χ2v) is 4.14. The lowest BCUT2D eigenvalue weighted by molar-refractivity contribution is 0.858. The number of anilines is 1. The van der Waals surface area contributed by atoms with E-state index in [4.69, 9.17) is 5.26 Å². The number of rotatable bonds is 3. The minimum atomic E-state index is 0.386. The van der Waals surface area contributed by atoms with Crippen molar-refractivity contribution >= 4 is 5.95 Å². The molecule has 2 aromatic rings. The van der Waals surface area contributed by atoms with E-state index < -0.39 is 0 Å². The maximum Gasteiger partial charge on any atom is 0.226 e. The topological polar surface area (TPSA) is 52.8 Å². The summed E-state index contributed by atoms with van der Waals surface area (Å²) in [6.45, 7) is 2.80. The third kappa shape index (κ3) is 2.64. The number of nitrogens with zero attached hydrogens (tertiary/aromatic N) is 4. The third-order valence-corrected chi connectivity index (χ3v) is 2.77. The van der Waals surface area contributed by atoms with E-state index in [1.807, 2.05) is 30.1 Å². The molecule has 1 aromatic carbocycles. The molecule has 1 heterocycles. The number of hydrogen-bond acceptors (Lipinski definition) is 4. The molecule has 0 saturated heterocycles. The zero-order chi connectivity index (χ0) is 13.0. The van der Waals surface area contributed by atoms with Gasteiger partial charge in [0.15, 0.2) is 0 Å². The van der Waals surface area contributed by atoms with Crippen molar-refractivity contribution in [2.75, 3.05) is 11.9 Å². The summed E-state index contributed by atoms with van der Waals surface area (Å²) in [5, 5.41) is 8.82. The van der Waals surface area contributed by atoms with Crippen LogP contribution in [-0.2, 0) is 6.54 Å². The molecule has 0 amide bonds. The summed E-state index contributed by atoms with van der Waals surface area (Å²) in [6, 6.07) is 11.8. The highest BCUT2D eigenvalue weighted by molar-refractivity contribution is 5.36. The highest BCUT2D eigenvalue weighted by Crippen LogP contribution is 2.13. The van der Waals surface area contributed by atoms with Crippen molar-refractivity contribution in [2.45, 2.75) is 13.5 Å². The van der Waals surface area contributed by atoms with Gasteiger partial charge in [-0.2, -0.15) is 5.26 Å². The molecule has 0 bridgehead atoms. The Balaban J connectivity index is 2.20. The number of hydrogen-bond donors (Lipinski definition) is 0. The van der Waals surface area contributed by atoms with Gasteiger partial charge in [-0.1, -0.05) is 24.3 Å². The lowest BCUT2D eigenvalue weighted by atomic mass is 10.1. The van der Waals surface area contributed by atoms with Crippen molar-refractivity contribution in [3.05, 3.63) is 53.3 Å². The Morgan fingerprint density at radius 1 is 1.28 bits per heavy atom. The van der Waals surface area contributed by atoms with Crippen molar-refractivity contribution in [2.24, 2.45) is 0 Å². The van der Waals surface area contributed by atoms with Gasteiger partial charge < -0.3 is 4.90 Å². The quantitative estimate of drug-likeness (QED) is 0.823. The van der Waals surface area contributed by atoms with Crippen molar-refractivity contribution in [1.82, 2.24) is 9.97 Å². The standard InChI is InChI=1S/C14H14N4/c1-11-5-3-4-6-12(11)10-18(2)14-16-8-7-13(9-15)17-14/h3-8H,10H2,1-2H3. The van der Waals surface area contributed by atoms with Crippen LogP contribution < -0.4 is 4.90 Å². The molecule has 0 radical (unpaired) electrons. The average Bonchev–Trinajstić information content (AvgIpc) is 2.41. The summed E-state index contributed by atoms with van der Waals surface area (Å²) in [4.78, 5) is 10.3. The smallest absolute Gasteiger partial charge is 0.226 e. The molecule has 0 aliphatic rings. The normalized spacial score (nSPS) is 9.83. The fourth-order valence-electron chi connectivity index (χ4n) is 1.71. The number of aryl methyl sites for hydroxylation is 1. The summed E-state index contributed by atoms with van der Waals surface area (Å²) in [7, 11) is 1.92. The van der Waals surface area contributed by atoms with Gasteiger partial charge >= 0.3 is 0 Å². The summed E-state index contributed by atoms with van der Waals surface area (Å²) in [5.41, 5.74) is 2.85. The summed E-state index contributed by atoms with van der Waals surface area (Å²) < 4.78 is 0. The van der Waals surface area contributed by atoms with Gasteiger partial charge in [0.2, 0.25) is 5.95 Å². The maximum absolute atomic E-state index is 8.82. The van der Waals surface area contributed by atoms with E-state index in [0.29, 0.717) is 11.6 Å². The van der Waals surface area contributed by atoms with Crippen LogP contribution in [0.1, 0.15) is 16.8 Å². The lowest BCUT2D eigenvalue weighted by Crippen LogP contribution is -2.19. The molecular formula is C14H14N4. The Kier molecular flexibility index (Phi) is 3.54. The molecule has 4 nitrogen and oxygen atoms in total. The molecule has 0 atom stereocenters. The van der Waals surface area contributed by atoms with Crippen LogP contribution >= 0.6 is 0 Å². The Labute approximate surface area is 107 Å². The first-order chi connectivity index (χ1) is 8.70. The first-order valence-electron chi connectivity index (χ1n) is 5.69. The largest absolute Gasteiger partial charge is 0.340 e. The number of nitriles is 1. The first-order valence-corrected chi connectivity index (χ1v) is 5.69. The molecule has 0 aliphatic heterocycles. The van der Waals surface area contributed by atoms with Crippen LogP contribution in [0.2, 0.25) is 0 Å². The molecule has 0 unspecified atom stereocenters. The minimum Gasteiger partial charge on any atom is -0.340 e. The fourth-order valence-corrected chi connectivity index (χ4v) is 1.71. The van der Waals surface area contributed by atoms with Gasteiger partial charge in [-0.25, -0.2) is 9.97 Å². The van der Waals surface area contributed by atoms with E-state index >= 15 is 0 Å². The summed E-state index contributed by atoms with van der Waals surface area (Å²) in [5.74, 6) is 0.567. The molecular weight excluding hydrogens is 224 g/mol. The van der Waals surface area contributed by atoms with Gasteiger partial charge in [0.1, 0.15) is 11.8 Å². The highest BCUT2D eigenvalue weighted by Gasteiger charge is 2.07. The molecule has 2 rings (SSSR count). The second kappa shape index (κ2) is 5.28. The van der Waals surface area contributed by atoms with Crippen LogP contribution in [0.25, 0.3) is 0 Å². The van der Waals surface area contributed by atoms with E-state index in [2.05, 4.69) is 29.0 Å². The van der Waals surface area contributed by atoms with E-state index in [1.165, 1.54) is 11.1 Å². The molecule has 18 heavy (non-hydrogen) atoms. The Morgan fingerprint density at radius 2 is 2.06 bits per heavy atom. The fraction of sp³-hybridized carbons (Fsp3) is 0.214. The average molecular weight is 238 g/mol. The minimum absolute atomic E-state index is 0.386. The summed E-state index contributed by atoms with van der Waals surface area (Å²) >= 11 is 0. The third-order valence-electron chi connectivity index (χ3n) is 2.77. The molecule has 0 fully saturated rings. The molecule has 0 spiro atoms. The zero-order valence-corrected chi connectivity index (χ0v) is 10.5. The van der Waals surface area contributed by atoms with Crippen molar-refractivity contribution in [3.8, 4) is 6.07 Å². The molecule has 0 N–H and O–H groups in total. The van der Waals surface area contributed by atoms with Gasteiger partial charge in [0.05, 0.1) is 0 Å². The lowest BCUT2D eigenvalue weighted by Gasteiger charge is -2.18. The van der Waals surface area contributed by atoms with Crippen LogP contribution in [0.4, 0.5) is 5.95 Å². The van der Waals surface area contributed by atoms with Gasteiger partial charge in [-0.15, -0.1) is 0 Å². The Hall–Kier alpha value is -2.41. The second-order valence-electron chi connectivity index (χ2n) is 4.14. The Bertz CT molecular complexity index is 586. The van der Waals surface area contributed by atoms with Crippen LogP contribution in [0, 0.1) is 18.3 Å². The molecule has 1 aromatic heterocycles. The number of benzene rings is 1. The van der Waals surface area contributed by atoms with Crippen LogP contribution in [0.15, 0.2) is 36.5 Å². The van der Waals surface area contributed by atoms with Crippen LogP contribution in [-0.4, -0.2) is 17.0 Å². The molecule has 0 saturated carbocycles. The molecule has 0 aliphatic carbocycles. The van der Waals surface area contributed by atoms with Gasteiger partial charge in [-0.3, -0.25) is 0 Å². The SMILES string of the molecule is Cc1ccccc1CN(C)c1nccc(C#N)n1. The van der Waals surface area contributed by atoms with Crippen molar-refractivity contribution in [3.63, 3.8) is 0 Å². The van der Waals surface area contributed by atoms with Crippen molar-refractivity contribution in [1.29, 1.82) is 5.26 Å². The first kappa shape index (κ1) is 12.1. The van der Waals surface area contributed by atoms with Gasteiger partial charge in [-0.05, 0) is 24.1 Å². The highest BCUT2D eigenvalue weighted by atomic mass is 15.2. The predicted octanol–water partition coefficient (Wildman–Crippen LogP) is 2.29.